The van der Waals surface area contributed by atoms with Crippen LogP contribution in [0.2, 0.25) is 0 Å². The van der Waals surface area contributed by atoms with E-state index in [1.165, 1.54) is 16.5 Å². The predicted molar refractivity (Wildman–Crippen MR) is 99.4 cm³/mol. The molecule has 0 radical (unpaired) electrons. The van der Waals surface area contributed by atoms with E-state index in [2.05, 4.69) is 60.2 Å². The minimum atomic E-state index is 0. The fraction of sp³-hybridized carbons (Fsp3) is 0.529. The standard InChI is InChI=1S/C17H25N3.2ClH/c1-17(2,3)16(20-10-8-18-9-11-20)14-5-4-13-6-7-19-15(13)12-14;;/h4-7,12,16,18-19H,8-11H2,1-3H3;2*1H/t16-;;/m0../s1. The van der Waals surface area contributed by atoms with Gasteiger partial charge in [-0.05, 0) is 28.5 Å². The van der Waals surface area contributed by atoms with Crippen LogP contribution in [0.25, 0.3) is 10.9 Å². The molecule has 2 heterocycles. The average Bonchev–Trinajstić information content (AvgIpc) is 2.86. The lowest BCUT2D eigenvalue weighted by molar-refractivity contribution is 0.0863. The number of fused-ring (bicyclic) bond motifs is 1. The Morgan fingerprint density at radius 3 is 2.36 bits per heavy atom. The molecular weight excluding hydrogens is 317 g/mol. The van der Waals surface area contributed by atoms with Crippen molar-refractivity contribution < 1.29 is 0 Å². The quantitative estimate of drug-likeness (QED) is 0.863. The number of aromatic amines is 1. The normalized spacial score (nSPS) is 17.6. The van der Waals surface area contributed by atoms with Crippen LogP contribution in [-0.2, 0) is 0 Å². The van der Waals surface area contributed by atoms with E-state index < -0.39 is 0 Å². The summed E-state index contributed by atoms with van der Waals surface area (Å²) in [5.74, 6) is 0. The maximum Gasteiger partial charge on any atom is 0.0457 e. The van der Waals surface area contributed by atoms with Crippen molar-refractivity contribution in [3.05, 3.63) is 36.0 Å². The summed E-state index contributed by atoms with van der Waals surface area (Å²) < 4.78 is 0. The summed E-state index contributed by atoms with van der Waals surface area (Å²) in [6.07, 6.45) is 2.02. The Kier molecular flexibility index (Phi) is 6.75. The summed E-state index contributed by atoms with van der Waals surface area (Å²) in [6, 6.07) is 9.47. The van der Waals surface area contributed by atoms with Crippen molar-refractivity contribution in [2.24, 2.45) is 5.41 Å². The molecule has 0 spiro atoms. The first-order valence-electron chi connectivity index (χ1n) is 7.57. The van der Waals surface area contributed by atoms with Gasteiger partial charge in [0.05, 0.1) is 0 Å². The van der Waals surface area contributed by atoms with Crippen LogP contribution >= 0.6 is 24.8 Å². The topological polar surface area (TPSA) is 31.1 Å². The summed E-state index contributed by atoms with van der Waals surface area (Å²) in [4.78, 5) is 5.96. The van der Waals surface area contributed by atoms with E-state index in [-0.39, 0.29) is 30.2 Å². The van der Waals surface area contributed by atoms with E-state index in [4.69, 9.17) is 0 Å². The molecule has 0 amide bonds. The zero-order chi connectivity index (χ0) is 14.2. The second-order valence-corrected chi connectivity index (χ2v) is 6.88. The van der Waals surface area contributed by atoms with Crippen LogP contribution in [0, 0.1) is 5.41 Å². The first kappa shape index (κ1) is 19.3. The molecule has 22 heavy (non-hydrogen) atoms. The molecular formula is C17H27Cl2N3. The van der Waals surface area contributed by atoms with E-state index in [0.29, 0.717) is 6.04 Å². The zero-order valence-corrected chi connectivity index (χ0v) is 15.2. The number of piperazine rings is 1. The second-order valence-electron chi connectivity index (χ2n) is 6.88. The van der Waals surface area contributed by atoms with Crippen LogP contribution in [0.1, 0.15) is 32.4 Å². The van der Waals surface area contributed by atoms with Gasteiger partial charge in [0.15, 0.2) is 0 Å². The van der Waals surface area contributed by atoms with E-state index in [1.807, 2.05) is 6.20 Å². The molecule has 1 fully saturated rings. The van der Waals surface area contributed by atoms with Crippen molar-refractivity contribution in [2.75, 3.05) is 26.2 Å². The van der Waals surface area contributed by atoms with Gasteiger partial charge >= 0.3 is 0 Å². The van der Waals surface area contributed by atoms with Crippen molar-refractivity contribution in [3.63, 3.8) is 0 Å². The number of rotatable bonds is 2. The van der Waals surface area contributed by atoms with E-state index >= 15 is 0 Å². The van der Waals surface area contributed by atoms with Crippen molar-refractivity contribution in [2.45, 2.75) is 26.8 Å². The summed E-state index contributed by atoms with van der Waals surface area (Å²) in [5.41, 5.74) is 2.90. The lowest BCUT2D eigenvalue weighted by Crippen LogP contribution is -2.48. The van der Waals surface area contributed by atoms with Crippen LogP contribution in [0.5, 0.6) is 0 Å². The molecule has 1 aliphatic heterocycles. The number of nitrogens with zero attached hydrogens (tertiary/aromatic N) is 1. The Bertz CT molecular complexity index is 583. The molecule has 1 aliphatic rings. The Morgan fingerprint density at radius 2 is 1.73 bits per heavy atom. The van der Waals surface area contributed by atoms with E-state index in [0.717, 1.165) is 26.2 Å². The summed E-state index contributed by atoms with van der Waals surface area (Å²) in [5, 5.41) is 4.74. The number of halogens is 2. The fourth-order valence-electron chi connectivity index (χ4n) is 3.43. The number of hydrogen-bond acceptors (Lipinski definition) is 2. The number of benzene rings is 1. The maximum absolute atomic E-state index is 3.45. The molecule has 2 aromatic rings. The molecule has 0 unspecified atom stereocenters. The van der Waals surface area contributed by atoms with Crippen LogP contribution in [0.3, 0.4) is 0 Å². The first-order valence-corrected chi connectivity index (χ1v) is 7.57. The van der Waals surface area contributed by atoms with Gasteiger partial charge in [-0.1, -0.05) is 32.9 Å². The van der Waals surface area contributed by atoms with Gasteiger partial charge in [-0.3, -0.25) is 4.90 Å². The largest absolute Gasteiger partial charge is 0.361 e. The molecule has 3 rings (SSSR count). The third kappa shape index (κ3) is 3.96. The maximum atomic E-state index is 3.45. The van der Waals surface area contributed by atoms with E-state index in [9.17, 15) is 0 Å². The number of aromatic nitrogens is 1. The molecule has 1 saturated heterocycles. The highest BCUT2D eigenvalue weighted by molar-refractivity contribution is 5.85. The van der Waals surface area contributed by atoms with Gasteiger partial charge in [-0.15, -0.1) is 24.8 Å². The van der Waals surface area contributed by atoms with Crippen LogP contribution in [-0.4, -0.2) is 36.1 Å². The van der Waals surface area contributed by atoms with Crippen LogP contribution in [0.15, 0.2) is 30.5 Å². The molecule has 1 aromatic carbocycles. The SMILES string of the molecule is CC(C)(C)[C@H](c1ccc2cc[nH]c2c1)N1CCNCC1.Cl.Cl. The summed E-state index contributed by atoms with van der Waals surface area (Å²) in [7, 11) is 0. The van der Waals surface area contributed by atoms with Gasteiger partial charge in [0.2, 0.25) is 0 Å². The van der Waals surface area contributed by atoms with Crippen LogP contribution in [0.4, 0.5) is 0 Å². The van der Waals surface area contributed by atoms with Gasteiger partial charge in [0, 0.05) is 43.9 Å². The molecule has 124 valence electrons. The monoisotopic (exact) mass is 343 g/mol. The van der Waals surface area contributed by atoms with Gasteiger partial charge in [-0.25, -0.2) is 0 Å². The van der Waals surface area contributed by atoms with E-state index in [1.54, 1.807) is 0 Å². The molecule has 2 N–H and O–H groups in total. The lowest BCUT2D eigenvalue weighted by atomic mass is 9.80. The lowest BCUT2D eigenvalue weighted by Gasteiger charge is -2.42. The Hall–Kier alpha value is -0.740. The molecule has 0 bridgehead atoms. The Balaban J connectivity index is 0.00000121. The van der Waals surface area contributed by atoms with Gasteiger partial charge < -0.3 is 10.3 Å². The smallest absolute Gasteiger partial charge is 0.0457 e. The summed E-state index contributed by atoms with van der Waals surface area (Å²) >= 11 is 0. The second kappa shape index (κ2) is 7.69. The van der Waals surface area contributed by atoms with Crippen molar-refractivity contribution >= 4 is 35.7 Å². The Morgan fingerprint density at radius 1 is 1.05 bits per heavy atom. The first-order chi connectivity index (χ1) is 9.55. The average molecular weight is 344 g/mol. The van der Waals surface area contributed by atoms with Crippen molar-refractivity contribution in [3.8, 4) is 0 Å². The Labute approximate surface area is 145 Å². The molecule has 1 aromatic heterocycles. The zero-order valence-electron chi connectivity index (χ0n) is 13.6. The molecule has 5 heteroatoms. The highest BCUT2D eigenvalue weighted by atomic mass is 35.5. The molecule has 3 nitrogen and oxygen atoms in total. The molecule has 0 aliphatic carbocycles. The number of nitrogens with one attached hydrogen (secondary N) is 2. The fourth-order valence-corrected chi connectivity index (χ4v) is 3.43. The van der Waals surface area contributed by atoms with Crippen LogP contribution < -0.4 is 5.32 Å². The minimum absolute atomic E-state index is 0. The third-order valence-corrected chi connectivity index (χ3v) is 4.23. The number of H-pyrrole nitrogens is 1. The highest BCUT2D eigenvalue weighted by Gasteiger charge is 2.32. The third-order valence-electron chi connectivity index (χ3n) is 4.23. The molecule has 0 saturated carbocycles. The summed E-state index contributed by atoms with van der Waals surface area (Å²) in [6.45, 7) is 11.5. The predicted octanol–water partition coefficient (Wildman–Crippen LogP) is 4.00. The van der Waals surface area contributed by atoms with Crippen molar-refractivity contribution in [1.29, 1.82) is 0 Å². The molecule has 1 atom stereocenters. The van der Waals surface area contributed by atoms with Crippen molar-refractivity contribution in [1.82, 2.24) is 15.2 Å². The van der Waals surface area contributed by atoms with Gasteiger partial charge in [-0.2, -0.15) is 0 Å². The minimum Gasteiger partial charge on any atom is -0.361 e. The van der Waals surface area contributed by atoms with Gasteiger partial charge in [0.1, 0.15) is 0 Å². The number of hydrogen-bond donors (Lipinski definition) is 2. The highest BCUT2D eigenvalue weighted by Crippen LogP contribution is 2.38. The van der Waals surface area contributed by atoms with Gasteiger partial charge in [0.25, 0.3) is 0 Å².